The van der Waals surface area contributed by atoms with Gasteiger partial charge in [0.2, 0.25) is 3.79 Å². The maximum absolute atomic E-state index is 5.84. The van der Waals surface area contributed by atoms with Gasteiger partial charge in [-0.1, -0.05) is 53.0 Å². The van der Waals surface area contributed by atoms with Gasteiger partial charge in [-0.25, -0.2) is 0 Å². The predicted octanol–water partition coefficient (Wildman–Crippen LogP) is 6.47. The minimum atomic E-state index is -1.63. The summed E-state index contributed by atoms with van der Waals surface area (Å²) in [6.45, 7) is 0. The van der Waals surface area contributed by atoms with Gasteiger partial charge in [-0.15, -0.1) is 46.4 Å². The first-order valence-corrected chi connectivity index (χ1v) is 6.89. The summed E-state index contributed by atoms with van der Waals surface area (Å²) in [5.74, 6) is 0. The summed E-state index contributed by atoms with van der Waals surface area (Å²) in [6, 6.07) is 4.96. The van der Waals surface area contributed by atoms with Gasteiger partial charge in [-0.05, 0) is 11.1 Å². The third-order valence-corrected chi connectivity index (χ3v) is 3.42. The highest BCUT2D eigenvalue weighted by Crippen LogP contribution is 2.46. The van der Waals surface area contributed by atoms with E-state index in [1.54, 1.807) is 18.2 Å². The molecule has 0 saturated heterocycles. The molecule has 0 fully saturated rings. The van der Waals surface area contributed by atoms with Crippen molar-refractivity contribution >= 4 is 81.2 Å². The molecule has 0 aromatic heterocycles. The molecular weight excluding hydrogens is 356 g/mol. The second-order valence-electron chi connectivity index (χ2n) is 2.91. The van der Waals surface area contributed by atoms with Gasteiger partial charge < -0.3 is 0 Å². The van der Waals surface area contributed by atoms with Gasteiger partial charge >= 0.3 is 0 Å². The van der Waals surface area contributed by atoms with Crippen LogP contribution in [0, 0.1) is 0 Å². The molecule has 0 bridgehead atoms. The predicted molar refractivity (Wildman–Crippen MR) is 74.6 cm³/mol. The fraction of sp³-hybridized carbons (Fsp3) is 0.333. The molecule has 0 unspecified atom stereocenters. The van der Waals surface area contributed by atoms with E-state index in [4.69, 9.17) is 81.2 Å². The van der Waals surface area contributed by atoms with E-state index >= 15 is 0 Å². The summed E-state index contributed by atoms with van der Waals surface area (Å²) in [5, 5.41) is 0. The van der Waals surface area contributed by atoms with Gasteiger partial charge in [-0.2, -0.15) is 0 Å². The van der Waals surface area contributed by atoms with Crippen molar-refractivity contribution in [3.05, 3.63) is 34.9 Å². The molecule has 16 heavy (non-hydrogen) atoms. The molecule has 7 heteroatoms. The van der Waals surface area contributed by atoms with E-state index in [1.165, 1.54) is 0 Å². The summed E-state index contributed by atoms with van der Waals surface area (Å²) < 4.78 is -1.63. The molecule has 0 spiro atoms. The van der Waals surface area contributed by atoms with Crippen molar-refractivity contribution in [2.45, 2.75) is 13.5 Å². The van der Waals surface area contributed by atoms with Crippen molar-refractivity contribution in [1.82, 2.24) is 0 Å². The Morgan fingerprint density at radius 3 is 1.81 bits per heavy atom. The summed E-state index contributed by atoms with van der Waals surface area (Å²) in [7, 11) is 0. The van der Waals surface area contributed by atoms with Crippen LogP contribution in [0.1, 0.15) is 26.4 Å². The summed E-state index contributed by atoms with van der Waals surface area (Å²) in [6.07, 6.45) is 0. The minimum absolute atomic E-state index is 0.372. The molecule has 0 heterocycles. The van der Waals surface area contributed by atoms with Gasteiger partial charge in [-0.3, -0.25) is 0 Å². The molecule has 1 aromatic carbocycles. The highest BCUT2D eigenvalue weighted by atomic mass is 35.6. The Kier molecular flexibility index (Phi) is 5.67. The van der Waals surface area contributed by atoms with Crippen molar-refractivity contribution in [3.8, 4) is 0 Å². The van der Waals surface area contributed by atoms with Crippen LogP contribution in [0.3, 0.4) is 0 Å². The Hall–Kier alpha value is 1.25. The largest absolute Gasteiger partial charge is 0.216 e. The monoisotopic (exact) mass is 358 g/mol. The molecule has 0 amide bonds. The van der Waals surface area contributed by atoms with Crippen molar-refractivity contribution in [2.75, 3.05) is 0 Å². The van der Waals surface area contributed by atoms with Crippen molar-refractivity contribution in [1.29, 1.82) is 0 Å². The minimum Gasteiger partial charge on any atom is -0.100 e. The van der Waals surface area contributed by atoms with Crippen LogP contribution in [-0.2, 0) is 3.79 Å². The Morgan fingerprint density at radius 1 is 0.875 bits per heavy atom. The average Bonchev–Trinajstić information content (AvgIpc) is 2.14. The van der Waals surface area contributed by atoms with Gasteiger partial charge in [0.05, 0.1) is 0 Å². The second kappa shape index (κ2) is 5.93. The number of benzene rings is 1. The zero-order valence-corrected chi connectivity index (χ0v) is 12.8. The van der Waals surface area contributed by atoms with E-state index in [1.807, 2.05) is 0 Å². The zero-order chi connectivity index (χ0) is 12.5. The molecule has 0 N–H and O–H groups in total. The zero-order valence-electron chi connectivity index (χ0n) is 7.53. The number of alkyl halides is 7. The third kappa shape index (κ3) is 3.62. The van der Waals surface area contributed by atoms with Crippen LogP contribution in [-0.4, -0.2) is 0 Å². The third-order valence-electron chi connectivity index (χ3n) is 1.90. The quantitative estimate of drug-likeness (QED) is 0.530. The highest BCUT2D eigenvalue weighted by molar-refractivity contribution is 6.67. The SMILES string of the molecule is ClC(Cl)c1cccc(C(Cl)(Cl)Cl)c1C(Cl)Cl. The Morgan fingerprint density at radius 2 is 1.44 bits per heavy atom. The van der Waals surface area contributed by atoms with Crippen LogP contribution in [0.15, 0.2) is 18.2 Å². The first-order valence-electron chi connectivity index (χ1n) is 4.01. The van der Waals surface area contributed by atoms with Crippen molar-refractivity contribution < 1.29 is 0 Å². The van der Waals surface area contributed by atoms with E-state index in [-0.39, 0.29) is 0 Å². The smallest absolute Gasteiger partial charge is 0.100 e. The van der Waals surface area contributed by atoms with Gasteiger partial charge in [0.25, 0.3) is 0 Å². The first-order chi connectivity index (χ1) is 7.25. The number of hydrogen-bond donors (Lipinski definition) is 0. The van der Waals surface area contributed by atoms with Crippen LogP contribution >= 0.6 is 81.2 Å². The maximum Gasteiger partial charge on any atom is 0.216 e. The van der Waals surface area contributed by atoms with E-state index in [9.17, 15) is 0 Å². The molecule has 0 radical (unpaired) electrons. The summed E-state index contributed by atoms with van der Waals surface area (Å²) >= 11 is 40.7. The van der Waals surface area contributed by atoms with Crippen LogP contribution < -0.4 is 0 Å². The van der Waals surface area contributed by atoms with Gasteiger partial charge in [0.1, 0.15) is 9.67 Å². The second-order valence-corrected chi connectivity index (χ2v) is 7.38. The van der Waals surface area contributed by atoms with Crippen LogP contribution in [0.25, 0.3) is 0 Å². The number of rotatable bonds is 2. The normalized spacial score (nSPS) is 12.6. The molecule has 0 aliphatic heterocycles. The Bertz CT molecular complexity index is 367. The average molecular weight is 361 g/mol. The Labute approximate surface area is 129 Å². The van der Waals surface area contributed by atoms with Gasteiger partial charge in [0, 0.05) is 5.56 Å². The van der Waals surface area contributed by atoms with E-state index < -0.39 is 13.5 Å². The lowest BCUT2D eigenvalue weighted by Crippen LogP contribution is -2.08. The lowest BCUT2D eigenvalue weighted by atomic mass is 10.0. The van der Waals surface area contributed by atoms with Gasteiger partial charge in [0.15, 0.2) is 0 Å². The van der Waals surface area contributed by atoms with E-state index in [0.29, 0.717) is 16.7 Å². The Balaban J connectivity index is 3.45. The topological polar surface area (TPSA) is 0 Å². The van der Waals surface area contributed by atoms with Crippen LogP contribution in [0.5, 0.6) is 0 Å². The lowest BCUT2D eigenvalue weighted by Gasteiger charge is -2.20. The molecule has 0 nitrogen and oxygen atoms in total. The lowest BCUT2D eigenvalue weighted by molar-refractivity contribution is 1.11. The van der Waals surface area contributed by atoms with Crippen molar-refractivity contribution in [3.63, 3.8) is 0 Å². The van der Waals surface area contributed by atoms with E-state index in [2.05, 4.69) is 0 Å². The van der Waals surface area contributed by atoms with Crippen molar-refractivity contribution in [2.24, 2.45) is 0 Å². The van der Waals surface area contributed by atoms with Crippen LogP contribution in [0.4, 0.5) is 0 Å². The fourth-order valence-electron chi connectivity index (χ4n) is 1.26. The van der Waals surface area contributed by atoms with Crippen LogP contribution in [0.2, 0.25) is 0 Å². The standard InChI is InChI=1S/C9H5Cl7/c10-7(11)4-2-1-3-5(9(14,15)16)6(4)8(12)13/h1-3,7-8H. The molecule has 90 valence electrons. The molecule has 1 aromatic rings. The molecular formula is C9H5Cl7. The number of halogens is 7. The maximum atomic E-state index is 5.84. The molecule has 0 aliphatic carbocycles. The molecule has 1 rings (SSSR count). The summed E-state index contributed by atoms with van der Waals surface area (Å²) in [5.41, 5.74) is 1.33. The van der Waals surface area contributed by atoms with E-state index in [0.717, 1.165) is 0 Å². The molecule has 0 aliphatic rings. The molecule has 0 atom stereocenters. The molecule has 0 saturated carbocycles. The fourth-order valence-corrected chi connectivity index (χ4v) is 2.63. The summed E-state index contributed by atoms with van der Waals surface area (Å²) in [4.78, 5) is -1.66. The number of hydrogen-bond acceptors (Lipinski definition) is 0. The first kappa shape index (κ1) is 15.3. The highest BCUT2D eigenvalue weighted by Gasteiger charge is 2.30.